The quantitative estimate of drug-likeness (QED) is 0.143. The van der Waals surface area contributed by atoms with E-state index in [1.54, 1.807) is 0 Å². The average Bonchev–Trinajstić information content (AvgIpc) is 2.69. The van der Waals surface area contributed by atoms with Crippen molar-refractivity contribution in [2.24, 2.45) is 11.8 Å². The summed E-state index contributed by atoms with van der Waals surface area (Å²) in [6, 6.07) is 0. The molecule has 0 aromatic rings. The fourth-order valence-corrected chi connectivity index (χ4v) is 3.70. The average molecular weight is 397 g/mol. The topological polar surface area (TPSA) is 26.3 Å². The van der Waals surface area contributed by atoms with Crippen LogP contribution in [0.3, 0.4) is 0 Å². The highest BCUT2D eigenvalue weighted by atomic mass is 16.5. The molecule has 0 amide bonds. The molecule has 0 saturated heterocycles. The van der Waals surface area contributed by atoms with Gasteiger partial charge in [-0.15, -0.1) is 0 Å². The number of carbonyl (C=O) groups is 1. The minimum atomic E-state index is 0.0110. The van der Waals surface area contributed by atoms with Gasteiger partial charge in [0.15, 0.2) is 0 Å². The molecule has 0 aliphatic heterocycles. The van der Waals surface area contributed by atoms with Crippen LogP contribution in [0.15, 0.2) is 0 Å². The third-order valence-corrected chi connectivity index (χ3v) is 6.10. The Bertz CT molecular complexity index is 326. The smallest absolute Gasteiger partial charge is 0.305 e. The lowest BCUT2D eigenvalue weighted by Crippen LogP contribution is -2.12. The van der Waals surface area contributed by atoms with Gasteiger partial charge in [-0.3, -0.25) is 4.79 Å². The first-order chi connectivity index (χ1) is 13.6. The Kier molecular flexibility index (Phi) is 20.8. The molecule has 0 aromatic carbocycles. The van der Waals surface area contributed by atoms with E-state index in [2.05, 4.69) is 27.7 Å². The van der Waals surface area contributed by atoms with Gasteiger partial charge in [0.2, 0.25) is 0 Å². The van der Waals surface area contributed by atoms with E-state index in [0.29, 0.717) is 18.9 Å². The summed E-state index contributed by atoms with van der Waals surface area (Å²) in [6.07, 6.45) is 23.0. The molecule has 0 aliphatic rings. The Morgan fingerprint density at radius 3 is 1.61 bits per heavy atom. The number of hydrogen-bond acceptors (Lipinski definition) is 2. The fraction of sp³-hybridized carbons (Fsp3) is 0.962. The molecule has 0 spiro atoms. The molecule has 0 aliphatic carbocycles. The van der Waals surface area contributed by atoms with Crippen molar-refractivity contribution in [2.45, 2.75) is 143 Å². The van der Waals surface area contributed by atoms with Crippen molar-refractivity contribution in [3.63, 3.8) is 0 Å². The van der Waals surface area contributed by atoms with Gasteiger partial charge in [-0.1, -0.05) is 124 Å². The zero-order chi connectivity index (χ0) is 20.9. The summed E-state index contributed by atoms with van der Waals surface area (Å²) in [5.41, 5.74) is 0. The van der Waals surface area contributed by atoms with Crippen molar-refractivity contribution in [1.82, 2.24) is 0 Å². The van der Waals surface area contributed by atoms with Crippen molar-refractivity contribution in [3.05, 3.63) is 0 Å². The zero-order valence-corrected chi connectivity index (χ0v) is 19.9. The summed E-state index contributed by atoms with van der Waals surface area (Å²) in [5, 5.41) is 0. The summed E-state index contributed by atoms with van der Waals surface area (Å²) in [5.74, 6) is 1.33. The maximum Gasteiger partial charge on any atom is 0.305 e. The minimum Gasteiger partial charge on any atom is -0.465 e. The van der Waals surface area contributed by atoms with E-state index in [4.69, 9.17) is 4.74 Å². The predicted molar refractivity (Wildman–Crippen MR) is 124 cm³/mol. The highest BCUT2D eigenvalue weighted by Gasteiger charge is 2.08. The van der Waals surface area contributed by atoms with Crippen molar-refractivity contribution in [3.8, 4) is 0 Å². The van der Waals surface area contributed by atoms with E-state index >= 15 is 0 Å². The summed E-state index contributed by atoms with van der Waals surface area (Å²) in [6.45, 7) is 9.67. The van der Waals surface area contributed by atoms with Crippen LogP contribution >= 0.6 is 0 Å². The summed E-state index contributed by atoms with van der Waals surface area (Å²) in [7, 11) is 0. The van der Waals surface area contributed by atoms with Crippen LogP contribution in [0, 0.1) is 11.8 Å². The van der Waals surface area contributed by atoms with Gasteiger partial charge in [0.05, 0.1) is 6.61 Å². The number of ether oxygens (including phenoxy) is 1. The lowest BCUT2D eigenvalue weighted by atomic mass is 9.97. The van der Waals surface area contributed by atoms with Crippen molar-refractivity contribution < 1.29 is 9.53 Å². The fourth-order valence-electron chi connectivity index (χ4n) is 3.70. The van der Waals surface area contributed by atoms with Crippen LogP contribution in [0.5, 0.6) is 0 Å². The third-order valence-electron chi connectivity index (χ3n) is 6.10. The standard InChI is InChI=1S/C26H52O2/c1-5-7-8-9-10-11-12-13-14-15-16-17-18-22-26(27)28-23-25(4)21-19-20-24(3)6-2/h24-25H,5-23H2,1-4H3. The van der Waals surface area contributed by atoms with Gasteiger partial charge in [0.1, 0.15) is 0 Å². The second-order valence-electron chi connectivity index (χ2n) is 9.23. The van der Waals surface area contributed by atoms with Crippen LogP contribution in [0.4, 0.5) is 0 Å². The molecule has 28 heavy (non-hydrogen) atoms. The molecular formula is C26H52O2. The molecule has 0 heterocycles. The maximum atomic E-state index is 11.9. The van der Waals surface area contributed by atoms with E-state index < -0.39 is 0 Å². The first kappa shape index (κ1) is 27.5. The normalized spacial score (nSPS) is 13.4. The number of hydrogen-bond donors (Lipinski definition) is 0. The first-order valence-corrected chi connectivity index (χ1v) is 12.8. The van der Waals surface area contributed by atoms with Crippen molar-refractivity contribution in [1.29, 1.82) is 0 Å². The van der Waals surface area contributed by atoms with Gasteiger partial charge >= 0.3 is 5.97 Å². The molecule has 168 valence electrons. The Labute approximate surface area is 177 Å². The summed E-state index contributed by atoms with van der Waals surface area (Å²) >= 11 is 0. The minimum absolute atomic E-state index is 0.0110. The second-order valence-corrected chi connectivity index (χ2v) is 9.23. The molecule has 0 aromatic heterocycles. The monoisotopic (exact) mass is 396 g/mol. The molecule has 2 nitrogen and oxygen atoms in total. The molecule has 2 unspecified atom stereocenters. The van der Waals surface area contributed by atoms with Crippen LogP contribution in [0.25, 0.3) is 0 Å². The Hall–Kier alpha value is -0.530. The molecule has 0 bridgehead atoms. The van der Waals surface area contributed by atoms with E-state index in [0.717, 1.165) is 12.3 Å². The highest BCUT2D eigenvalue weighted by molar-refractivity contribution is 5.69. The Morgan fingerprint density at radius 1 is 0.643 bits per heavy atom. The Morgan fingerprint density at radius 2 is 1.11 bits per heavy atom. The molecule has 0 rings (SSSR count). The molecular weight excluding hydrogens is 344 g/mol. The summed E-state index contributed by atoms with van der Waals surface area (Å²) < 4.78 is 5.46. The van der Waals surface area contributed by atoms with Gasteiger partial charge in [-0.25, -0.2) is 0 Å². The SMILES string of the molecule is CCCCCCCCCCCCCCCC(=O)OCC(C)CCCC(C)CC. The van der Waals surface area contributed by atoms with Crippen LogP contribution in [-0.2, 0) is 9.53 Å². The lowest BCUT2D eigenvalue weighted by molar-refractivity contribution is -0.145. The van der Waals surface area contributed by atoms with Crippen LogP contribution in [-0.4, -0.2) is 12.6 Å². The molecule has 2 heteroatoms. The maximum absolute atomic E-state index is 11.9. The molecule has 0 radical (unpaired) electrons. The largest absolute Gasteiger partial charge is 0.465 e. The highest BCUT2D eigenvalue weighted by Crippen LogP contribution is 2.16. The number of unbranched alkanes of at least 4 members (excludes halogenated alkanes) is 12. The Balaban J connectivity index is 3.30. The van der Waals surface area contributed by atoms with E-state index in [1.807, 2.05) is 0 Å². The molecule has 0 fully saturated rings. The van der Waals surface area contributed by atoms with Crippen LogP contribution < -0.4 is 0 Å². The van der Waals surface area contributed by atoms with Gasteiger partial charge in [-0.2, -0.15) is 0 Å². The number of rotatable bonds is 21. The molecule has 0 N–H and O–H groups in total. The van der Waals surface area contributed by atoms with Gasteiger partial charge < -0.3 is 4.74 Å². The van der Waals surface area contributed by atoms with Crippen molar-refractivity contribution >= 4 is 5.97 Å². The second kappa shape index (κ2) is 21.2. The van der Waals surface area contributed by atoms with Gasteiger partial charge in [0, 0.05) is 6.42 Å². The predicted octanol–water partition coefficient (Wildman–Crippen LogP) is 8.86. The first-order valence-electron chi connectivity index (χ1n) is 12.8. The summed E-state index contributed by atoms with van der Waals surface area (Å²) in [4.78, 5) is 11.9. The van der Waals surface area contributed by atoms with Gasteiger partial charge in [-0.05, 0) is 24.7 Å². The third kappa shape index (κ3) is 20.2. The van der Waals surface area contributed by atoms with Crippen LogP contribution in [0.2, 0.25) is 0 Å². The number of esters is 1. The van der Waals surface area contributed by atoms with E-state index in [1.165, 1.54) is 103 Å². The lowest BCUT2D eigenvalue weighted by Gasteiger charge is -2.13. The van der Waals surface area contributed by atoms with Gasteiger partial charge in [0.25, 0.3) is 0 Å². The molecule has 2 atom stereocenters. The van der Waals surface area contributed by atoms with Crippen molar-refractivity contribution in [2.75, 3.05) is 6.61 Å². The van der Waals surface area contributed by atoms with E-state index in [9.17, 15) is 4.79 Å². The molecule has 0 saturated carbocycles. The zero-order valence-electron chi connectivity index (χ0n) is 19.9. The number of carbonyl (C=O) groups excluding carboxylic acids is 1. The van der Waals surface area contributed by atoms with Crippen LogP contribution in [0.1, 0.15) is 143 Å². The van der Waals surface area contributed by atoms with E-state index in [-0.39, 0.29) is 5.97 Å².